The Hall–Kier alpha value is -3.09. The van der Waals surface area contributed by atoms with Gasteiger partial charge in [-0.25, -0.2) is 4.79 Å². The SMILES string of the molecule is COCCOC(=O)C1=C(C)NC2=C(C(=O)C[C@@H](c3ccccc3OC)C2)[C@H]1c1ccc(Cl)cc1. The van der Waals surface area contributed by atoms with Crippen LogP contribution in [0.25, 0.3) is 0 Å². The number of hydrogen-bond acceptors (Lipinski definition) is 6. The molecule has 2 aromatic rings. The Kier molecular flexibility index (Phi) is 7.39. The third-order valence-electron chi connectivity index (χ3n) is 6.35. The molecule has 0 saturated carbocycles. The summed E-state index contributed by atoms with van der Waals surface area (Å²) in [5.74, 6) is -0.255. The van der Waals surface area contributed by atoms with E-state index in [1.54, 1.807) is 26.4 Å². The fourth-order valence-corrected chi connectivity index (χ4v) is 4.94. The van der Waals surface area contributed by atoms with Crippen molar-refractivity contribution < 1.29 is 23.8 Å². The van der Waals surface area contributed by atoms with Crippen molar-refractivity contribution in [3.05, 3.63) is 87.2 Å². The molecule has 7 heteroatoms. The lowest BCUT2D eigenvalue weighted by atomic mass is 9.71. The summed E-state index contributed by atoms with van der Waals surface area (Å²) in [6.45, 7) is 2.27. The van der Waals surface area contributed by atoms with Crippen LogP contribution in [0.4, 0.5) is 0 Å². The number of ether oxygens (including phenoxy) is 3. The molecule has 0 radical (unpaired) electrons. The molecule has 1 aliphatic heterocycles. The number of dihydropyridines is 1. The molecule has 0 saturated heterocycles. The number of carbonyl (C=O) groups excluding carboxylic acids is 2. The van der Waals surface area contributed by atoms with E-state index >= 15 is 0 Å². The van der Waals surface area contributed by atoms with Gasteiger partial charge in [0.15, 0.2) is 5.78 Å². The maximum atomic E-state index is 13.6. The molecule has 0 bridgehead atoms. The fourth-order valence-electron chi connectivity index (χ4n) is 4.82. The lowest BCUT2D eigenvalue weighted by Crippen LogP contribution is -2.36. The quantitative estimate of drug-likeness (QED) is 0.448. The number of methoxy groups -OCH3 is 2. The number of carbonyl (C=O) groups is 2. The predicted octanol–water partition coefficient (Wildman–Crippen LogP) is 4.90. The molecule has 178 valence electrons. The number of ketones is 1. The van der Waals surface area contributed by atoms with Crippen LogP contribution in [0.1, 0.15) is 42.7 Å². The van der Waals surface area contributed by atoms with Crippen LogP contribution in [0, 0.1) is 0 Å². The molecule has 1 N–H and O–H groups in total. The van der Waals surface area contributed by atoms with Gasteiger partial charge >= 0.3 is 5.97 Å². The zero-order valence-electron chi connectivity index (χ0n) is 19.5. The molecular weight excluding hydrogens is 454 g/mol. The van der Waals surface area contributed by atoms with Crippen molar-refractivity contribution in [2.75, 3.05) is 27.4 Å². The Morgan fingerprint density at radius 3 is 2.50 bits per heavy atom. The fraction of sp³-hybridized carbons (Fsp3) is 0.333. The summed E-state index contributed by atoms with van der Waals surface area (Å²) in [5.41, 5.74) is 4.37. The zero-order valence-corrected chi connectivity index (χ0v) is 20.3. The molecular formula is C27H28ClNO5. The molecule has 2 aromatic carbocycles. The van der Waals surface area contributed by atoms with Gasteiger partial charge in [-0.1, -0.05) is 41.9 Å². The first kappa shape index (κ1) is 24.0. The number of rotatable bonds is 7. The molecule has 6 nitrogen and oxygen atoms in total. The van der Waals surface area contributed by atoms with Crippen molar-refractivity contribution in [1.29, 1.82) is 0 Å². The van der Waals surface area contributed by atoms with E-state index in [0.29, 0.717) is 41.3 Å². The van der Waals surface area contributed by atoms with E-state index < -0.39 is 11.9 Å². The average Bonchev–Trinajstić information content (AvgIpc) is 2.83. The van der Waals surface area contributed by atoms with Crippen molar-refractivity contribution in [2.45, 2.75) is 31.6 Å². The number of benzene rings is 2. The molecule has 2 atom stereocenters. The van der Waals surface area contributed by atoms with Crippen molar-refractivity contribution in [1.82, 2.24) is 5.32 Å². The van der Waals surface area contributed by atoms with Gasteiger partial charge in [-0.05, 0) is 42.7 Å². The average molecular weight is 482 g/mol. The first-order chi connectivity index (χ1) is 16.4. The number of Topliss-reactive ketones (excluding diaryl/α,β-unsaturated/α-hetero) is 1. The van der Waals surface area contributed by atoms with Gasteiger partial charge in [-0.15, -0.1) is 0 Å². The molecule has 0 fully saturated rings. The second kappa shape index (κ2) is 10.5. The minimum absolute atomic E-state index is 0.000650. The molecule has 1 heterocycles. The number of para-hydroxylation sites is 1. The standard InChI is InChI=1S/C27H28ClNO5/c1-16-24(27(31)34-13-12-32-2)25(17-8-10-19(28)11-9-17)26-21(29-16)14-18(15-22(26)30)20-6-4-5-7-23(20)33-3/h4-11,18,25,29H,12-15H2,1-3H3/t18-,25-/m0/s1. The lowest BCUT2D eigenvalue weighted by molar-refractivity contribution is -0.140. The summed E-state index contributed by atoms with van der Waals surface area (Å²) in [5, 5.41) is 3.94. The summed E-state index contributed by atoms with van der Waals surface area (Å²) in [6.07, 6.45) is 0.963. The highest BCUT2D eigenvalue weighted by Gasteiger charge is 2.41. The van der Waals surface area contributed by atoms with E-state index in [1.807, 2.05) is 43.3 Å². The van der Waals surface area contributed by atoms with Crippen LogP contribution >= 0.6 is 11.6 Å². The molecule has 0 aromatic heterocycles. The van der Waals surface area contributed by atoms with Crippen LogP contribution in [-0.4, -0.2) is 39.2 Å². The first-order valence-electron chi connectivity index (χ1n) is 11.2. The highest BCUT2D eigenvalue weighted by molar-refractivity contribution is 6.30. The van der Waals surface area contributed by atoms with E-state index in [1.165, 1.54) is 0 Å². The third kappa shape index (κ3) is 4.74. The topological polar surface area (TPSA) is 73.9 Å². The van der Waals surface area contributed by atoms with Crippen molar-refractivity contribution in [3.63, 3.8) is 0 Å². The first-order valence-corrected chi connectivity index (χ1v) is 11.6. The largest absolute Gasteiger partial charge is 0.496 e. The van der Waals surface area contributed by atoms with E-state index in [2.05, 4.69) is 5.32 Å². The molecule has 0 unspecified atom stereocenters. The van der Waals surface area contributed by atoms with Gasteiger partial charge in [-0.2, -0.15) is 0 Å². The van der Waals surface area contributed by atoms with Crippen LogP contribution in [0.3, 0.4) is 0 Å². The highest BCUT2D eigenvalue weighted by atomic mass is 35.5. The van der Waals surface area contributed by atoms with Crippen molar-refractivity contribution in [2.24, 2.45) is 0 Å². The van der Waals surface area contributed by atoms with Crippen LogP contribution in [0.5, 0.6) is 5.75 Å². The minimum atomic E-state index is -0.533. The Balaban J connectivity index is 1.75. The summed E-state index contributed by atoms with van der Waals surface area (Å²) >= 11 is 6.12. The van der Waals surface area contributed by atoms with Gasteiger partial charge in [0.05, 0.1) is 19.3 Å². The number of allylic oxidation sites excluding steroid dienone is 3. The minimum Gasteiger partial charge on any atom is -0.496 e. The number of hydrogen-bond donors (Lipinski definition) is 1. The number of esters is 1. The second-order valence-corrected chi connectivity index (χ2v) is 8.88. The number of nitrogens with one attached hydrogen (secondary N) is 1. The van der Waals surface area contributed by atoms with E-state index in [4.69, 9.17) is 25.8 Å². The molecule has 0 amide bonds. The summed E-state index contributed by atoms with van der Waals surface area (Å²) in [7, 11) is 3.19. The van der Waals surface area contributed by atoms with E-state index in [0.717, 1.165) is 22.6 Å². The summed E-state index contributed by atoms with van der Waals surface area (Å²) in [6, 6.07) is 15.0. The van der Waals surface area contributed by atoms with Gasteiger partial charge in [0.25, 0.3) is 0 Å². The molecule has 4 rings (SSSR count). The number of halogens is 1. The maximum absolute atomic E-state index is 13.6. The smallest absolute Gasteiger partial charge is 0.336 e. The van der Waals surface area contributed by atoms with E-state index in [9.17, 15) is 9.59 Å². The molecule has 34 heavy (non-hydrogen) atoms. The van der Waals surface area contributed by atoms with Crippen LogP contribution in [-0.2, 0) is 19.1 Å². The van der Waals surface area contributed by atoms with Gasteiger partial charge < -0.3 is 19.5 Å². The van der Waals surface area contributed by atoms with Gasteiger partial charge in [0, 0.05) is 47.4 Å². The van der Waals surface area contributed by atoms with Crippen LogP contribution < -0.4 is 10.1 Å². The summed E-state index contributed by atoms with van der Waals surface area (Å²) < 4.78 is 16.0. The Morgan fingerprint density at radius 1 is 1.06 bits per heavy atom. The van der Waals surface area contributed by atoms with E-state index in [-0.39, 0.29) is 18.3 Å². The van der Waals surface area contributed by atoms with Crippen molar-refractivity contribution >= 4 is 23.4 Å². The Bertz CT molecular complexity index is 1150. The molecule has 1 aliphatic carbocycles. The van der Waals surface area contributed by atoms with Gasteiger partial charge in [-0.3, -0.25) is 4.79 Å². The third-order valence-corrected chi connectivity index (χ3v) is 6.60. The molecule has 2 aliphatic rings. The summed E-state index contributed by atoms with van der Waals surface area (Å²) in [4.78, 5) is 26.8. The van der Waals surface area contributed by atoms with Crippen molar-refractivity contribution in [3.8, 4) is 5.75 Å². The zero-order chi connectivity index (χ0) is 24.2. The lowest BCUT2D eigenvalue weighted by Gasteiger charge is -2.37. The monoisotopic (exact) mass is 481 g/mol. The Labute approximate surface area is 204 Å². The maximum Gasteiger partial charge on any atom is 0.336 e. The van der Waals surface area contributed by atoms with Crippen LogP contribution in [0.15, 0.2) is 71.1 Å². The predicted molar refractivity (Wildman–Crippen MR) is 130 cm³/mol. The van der Waals surface area contributed by atoms with Gasteiger partial charge in [0.2, 0.25) is 0 Å². The van der Waals surface area contributed by atoms with Crippen LogP contribution in [0.2, 0.25) is 5.02 Å². The van der Waals surface area contributed by atoms with Gasteiger partial charge in [0.1, 0.15) is 12.4 Å². The molecule has 0 spiro atoms. The second-order valence-electron chi connectivity index (χ2n) is 8.44. The Morgan fingerprint density at radius 2 is 1.79 bits per heavy atom. The normalized spacial score (nSPS) is 20.1. The highest BCUT2D eigenvalue weighted by Crippen LogP contribution is 2.47.